The lowest BCUT2D eigenvalue weighted by Crippen LogP contribution is -2.48. The van der Waals surface area contributed by atoms with Gasteiger partial charge in [0.25, 0.3) is 0 Å². The molecule has 4 aromatic rings. The van der Waals surface area contributed by atoms with E-state index in [1.807, 2.05) is 0 Å². The number of carboxylic acid groups (broad SMARTS) is 1. The van der Waals surface area contributed by atoms with E-state index in [4.69, 9.17) is 32.6 Å². The highest BCUT2D eigenvalue weighted by Crippen LogP contribution is 2.30. The van der Waals surface area contributed by atoms with Crippen LogP contribution < -0.4 is 9.64 Å². The van der Waals surface area contributed by atoms with Crippen molar-refractivity contribution in [3.8, 4) is 5.88 Å². The third kappa shape index (κ3) is 6.13. The third-order valence-electron chi connectivity index (χ3n) is 8.06. The number of hydrogen-bond donors (Lipinski definition) is 1. The highest BCUT2D eigenvalue weighted by atomic mass is 35.5. The van der Waals surface area contributed by atoms with Crippen LogP contribution in [0, 0.1) is 12.4 Å². The van der Waals surface area contributed by atoms with Gasteiger partial charge in [0.15, 0.2) is 5.69 Å². The molecule has 2 fully saturated rings. The first kappa shape index (κ1) is 28.9. The van der Waals surface area contributed by atoms with Crippen LogP contribution in [0.5, 0.6) is 5.88 Å². The number of pyridine rings is 1. The zero-order chi connectivity index (χ0) is 30.1. The number of carboxylic acids is 1. The van der Waals surface area contributed by atoms with Crippen molar-refractivity contribution in [1.29, 1.82) is 0 Å². The number of aromatic nitrogens is 3. The van der Waals surface area contributed by atoms with Gasteiger partial charge in [-0.05, 0) is 43.7 Å². The van der Waals surface area contributed by atoms with Gasteiger partial charge in [0.1, 0.15) is 24.1 Å². The van der Waals surface area contributed by atoms with E-state index in [9.17, 15) is 14.3 Å². The van der Waals surface area contributed by atoms with Crippen LogP contribution in [0.4, 0.5) is 15.9 Å². The molecule has 1 N–H and O–H groups in total. The van der Waals surface area contributed by atoms with Crippen LogP contribution in [-0.4, -0.2) is 69.4 Å². The highest BCUT2D eigenvalue weighted by molar-refractivity contribution is 6.30. The van der Waals surface area contributed by atoms with E-state index in [-0.39, 0.29) is 30.0 Å². The summed E-state index contributed by atoms with van der Waals surface area (Å²) in [5, 5.41) is 10.0. The number of ether oxygens (including phenoxy) is 2. The number of piperazine rings is 1. The number of rotatable bonds is 9. The van der Waals surface area contributed by atoms with E-state index in [1.54, 1.807) is 36.4 Å². The maximum Gasteiger partial charge on any atom is 0.335 e. The molecule has 222 valence electrons. The molecule has 6 rings (SSSR count). The number of anilines is 1. The van der Waals surface area contributed by atoms with Crippen LogP contribution in [-0.2, 0) is 17.9 Å². The lowest BCUT2D eigenvalue weighted by molar-refractivity contribution is -0.0594. The molecule has 0 unspecified atom stereocenters. The number of nitrogens with zero attached hydrogens (tertiary/aromatic N) is 6. The van der Waals surface area contributed by atoms with Crippen LogP contribution >= 0.6 is 11.6 Å². The van der Waals surface area contributed by atoms with E-state index >= 15 is 0 Å². The van der Waals surface area contributed by atoms with Crippen molar-refractivity contribution < 1.29 is 23.8 Å². The van der Waals surface area contributed by atoms with E-state index in [2.05, 4.69) is 31.1 Å². The summed E-state index contributed by atoms with van der Waals surface area (Å²) in [5.41, 5.74) is 2.36. The number of fused-ring (bicyclic) bond motifs is 1. The monoisotopic (exact) mass is 604 g/mol. The molecular weight excluding hydrogens is 575 g/mol. The van der Waals surface area contributed by atoms with Crippen LogP contribution in [0.3, 0.4) is 0 Å². The number of hydrogen-bond acceptors (Lipinski definition) is 7. The quantitative estimate of drug-likeness (QED) is 0.242. The van der Waals surface area contributed by atoms with Crippen LogP contribution in [0.25, 0.3) is 15.9 Å². The summed E-state index contributed by atoms with van der Waals surface area (Å²) < 4.78 is 27.9. The average Bonchev–Trinajstić information content (AvgIpc) is 3.35. The van der Waals surface area contributed by atoms with Crippen molar-refractivity contribution >= 4 is 40.1 Å². The first-order valence-corrected chi connectivity index (χ1v) is 14.5. The minimum Gasteiger partial charge on any atom is -0.478 e. The van der Waals surface area contributed by atoms with E-state index < -0.39 is 11.8 Å². The smallest absolute Gasteiger partial charge is 0.335 e. The second-order valence-corrected chi connectivity index (χ2v) is 11.2. The number of halogens is 2. The standard InChI is InChI=1S/C31H30ClFN6O4/c1-19(30-35-26-6-4-20(31(40)41)13-27(26)39(30)17-24-7-12-42-24)37-8-10-38(11-9-37)28-14-22(32)15-29(36-28)43-18-21-3-5-23(34-2)16-25(21)33/h3-6,13-16,19,24H,7-12,17-18H2,1H3,(H,40,41)/t19-,24-/m0/s1. The highest BCUT2D eigenvalue weighted by Gasteiger charge is 2.29. The topological polar surface area (TPSA) is 97.3 Å². The maximum atomic E-state index is 14.3. The van der Waals surface area contributed by atoms with Gasteiger partial charge in [0, 0.05) is 49.4 Å². The van der Waals surface area contributed by atoms with Gasteiger partial charge in [-0.1, -0.05) is 23.7 Å². The Morgan fingerprint density at radius 2 is 1.98 bits per heavy atom. The predicted molar refractivity (Wildman–Crippen MR) is 159 cm³/mol. The number of carbonyl (C=O) groups is 1. The van der Waals surface area contributed by atoms with Crippen molar-refractivity contribution in [2.45, 2.75) is 38.6 Å². The Morgan fingerprint density at radius 1 is 1.19 bits per heavy atom. The fourth-order valence-electron chi connectivity index (χ4n) is 5.49. The molecule has 0 saturated carbocycles. The van der Waals surface area contributed by atoms with Gasteiger partial charge >= 0.3 is 5.97 Å². The summed E-state index contributed by atoms with van der Waals surface area (Å²) in [7, 11) is 0. The summed E-state index contributed by atoms with van der Waals surface area (Å²) in [5.74, 6) is 0.381. The van der Waals surface area contributed by atoms with Gasteiger partial charge in [-0.2, -0.15) is 4.98 Å². The second-order valence-electron chi connectivity index (χ2n) is 10.7. The largest absolute Gasteiger partial charge is 0.478 e. The third-order valence-corrected chi connectivity index (χ3v) is 8.28. The lowest BCUT2D eigenvalue weighted by atomic mass is 10.1. The number of aromatic carboxylic acids is 1. The zero-order valence-corrected chi connectivity index (χ0v) is 24.3. The van der Waals surface area contributed by atoms with Crippen LogP contribution in [0.15, 0.2) is 48.5 Å². The molecular formula is C31H30ClFN6O4. The molecule has 0 bridgehead atoms. The summed E-state index contributed by atoms with van der Waals surface area (Å²) in [6, 6.07) is 12.7. The Morgan fingerprint density at radius 3 is 2.65 bits per heavy atom. The summed E-state index contributed by atoms with van der Waals surface area (Å²) in [6.07, 6.45) is 1.06. The Kier molecular flexibility index (Phi) is 8.17. The molecule has 0 aliphatic carbocycles. The van der Waals surface area contributed by atoms with E-state index in [0.29, 0.717) is 41.9 Å². The number of imidazole rings is 1. The van der Waals surface area contributed by atoms with Gasteiger partial charge in [0.2, 0.25) is 5.88 Å². The first-order chi connectivity index (χ1) is 20.8. The van der Waals surface area contributed by atoms with Crippen molar-refractivity contribution in [2.75, 3.05) is 37.7 Å². The SMILES string of the molecule is [C-]#[N+]c1ccc(COc2cc(Cl)cc(N3CCN([C@@H](C)c4nc5ccc(C(=O)O)cc5n4C[C@@H]4CCO4)CC3)n2)c(F)c1. The molecule has 2 atom stereocenters. The summed E-state index contributed by atoms with van der Waals surface area (Å²) in [6.45, 7) is 13.4. The summed E-state index contributed by atoms with van der Waals surface area (Å²) >= 11 is 6.40. The Labute approximate surface area is 253 Å². The van der Waals surface area contributed by atoms with Crippen molar-refractivity contribution in [3.63, 3.8) is 0 Å². The number of benzene rings is 2. The Bertz CT molecular complexity index is 1710. The van der Waals surface area contributed by atoms with Gasteiger partial charge in [-0.25, -0.2) is 19.0 Å². The van der Waals surface area contributed by atoms with E-state index in [1.165, 1.54) is 12.1 Å². The molecule has 2 saturated heterocycles. The fourth-order valence-corrected chi connectivity index (χ4v) is 5.68. The molecule has 4 heterocycles. The minimum atomic E-state index is -0.967. The molecule has 0 spiro atoms. The van der Waals surface area contributed by atoms with Gasteiger partial charge in [0.05, 0.1) is 41.9 Å². The van der Waals surface area contributed by atoms with Crippen molar-refractivity contribution in [2.24, 2.45) is 0 Å². The first-order valence-electron chi connectivity index (χ1n) is 14.1. The zero-order valence-electron chi connectivity index (χ0n) is 23.5. The normalized spacial score (nSPS) is 17.8. The predicted octanol–water partition coefficient (Wildman–Crippen LogP) is 5.72. The molecule has 0 amide bonds. The van der Waals surface area contributed by atoms with Crippen molar-refractivity contribution in [3.05, 3.63) is 87.7 Å². The van der Waals surface area contributed by atoms with Gasteiger partial charge < -0.3 is 24.0 Å². The molecule has 10 nitrogen and oxygen atoms in total. The molecule has 12 heteroatoms. The Balaban J connectivity index is 1.15. The molecule has 2 aromatic heterocycles. The van der Waals surface area contributed by atoms with Gasteiger partial charge in [-0.15, -0.1) is 0 Å². The lowest BCUT2D eigenvalue weighted by Gasteiger charge is -2.38. The summed E-state index contributed by atoms with van der Waals surface area (Å²) in [4.78, 5) is 28.9. The Hall–Kier alpha value is -4.24. The maximum absolute atomic E-state index is 14.3. The second kappa shape index (κ2) is 12.2. The van der Waals surface area contributed by atoms with Gasteiger partial charge in [-0.3, -0.25) is 4.90 Å². The molecule has 2 aliphatic rings. The van der Waals surface area contributed by atoms with E-state index in [0.717, 1.165) is 43.0 Å². The van der Waals surface area contributed by atoms with Crippen LogP contribution in [0.1, 0.15) is 41.1 Å². The van der Waals surface area contributed by atoms with Crippen molar-refractivity contribution in [1.82, 2.24) is 19.4 Å². The average molecular weight is 605 g/mol. The molecule has 43 heavy (non-hydrogen) atoms. The van der Waals surface area contributed by atoms with Crippen LogP contribution in [0.2, 0.25) is 5.02 Å². The molecule has 2 aliphatic heterocycles. The molecule has 2 aromatic carbocycles. The minimum absolute atomic E-state index is 0.0155. The fraction of sp³-hybridized carbons (Fsp3) is 0.355. The molecule has 0 radical (unpaired) electrons.